The predicted octanol–water partition coefficient (Wildman–Crippen LogP) is 0.745. The van der Waals surface area contributed by atoms with Crippen molar-refractivity contribution in [3.8, 4) is 0 Å². The molecule has 0 spiro atoms. The number of carbonyl (C=O) groups is 1. The Morgan fingerprint density at radius 2 is 2.43 bits per heavy atom. The quantitative estimate of drug-likeness (QED) is 0.756. The highest BCUT2D eigenvalue weighted by Gasteiger charge is 2.14. The van der Waals surface area contributed by atoms with Crippen LogP contribution in [0.1, 0.15) is 18.8 Å². The zero-order valence-corrected chi connectivity index (χ0v) is 8.75. The van der Waals surface area contributed by atoms with Crippen LogP contribution >= 0.6 is 11.6 Å². The van der Waals surface area contributed by atoms with E-state index in [1.807, 2.05) is 0 Å². The van der Waals surface area contributed by atoms with Gasteiger partial charge in [0, 0.05) is 7.05 Å². The molecule has 0 aliphatic rings. The van der Waals surface area contributed by atoms with Crippen LogP contribution in [-0.4, -0.2) is 20.7 Å². The van der Waals surface area contributed by atoms with E-state index in [2.05, 4.69) is 22.1 Å². The molecule has 0 fully saturated rings. The monoisotopic (exact) mass is 214 g/mol. The number of hydrogen-bond donors (Lipinski definition) is 1. The van der Waals surface area contributed by atoms with Crippen molar-refractivity contribution in [3.05, 3.63) is 23.8 Å². The van der Waals surface area contributed by atoms with Crippen molar-refractivity contribution in [2.45, 2.75) is 13.0 Å². The van der Waals surface area contributed by atoms with Crippen LogP contribution in [0.5, 0.6) is 0 Å². The highest BCUT2D eigenvalue weighted by molar-refractivity contribution is 6.41. The molecule has 0 bridgehead atoms. The number of aromatic nitrogens is 3. The van der Waals surface area contributed by atoms with Crippen molar-refractivity contribution in [1.29, 1.82) is 0 Å². The van der Waals surface area contributed by atoms with E-state index in [0.29, 0.717) is 5.82 Å². The largest absolute Gasteiger partial charge is 0.342 e. The number of halogens is 1. The minimum absolute atomic E-state index is 0.0426. The molecule has 0 aromatic carbocycles. The van der Waals surface area contributed by atoms with Crippen LogP contribution in [0.2, 0.25) is 0 Å². The van der Waals surface area contributed by atoms with Crippen LogP contribution < -0.4 is 5.32 Å². The second kappa shape index (κ2) is 4.23. The van der Waals surface area contributed by atoms with E-state index in [9.17, 15) is 4.79 Å². The van der Waals surface area contributed by atoms with Crippen LogP contribution in [0.3, 0.4) is 0 Å². The van der Waals surface area contributed by atoms with Gasteiger partial charge in [-0.05, 0) is 6.92 Å². The number of rotatable bonds is 3. The summed E-state index contributed by atoms with van der Waals surface area (Å²) in [7, 11) is 1.80. The minimum atomic E-state index is -0.401. The van der Waals surface area contributed by atoms with Crippen molar-refractivity contribution in [2.24, 2.45) is 7.05 Å². The molecule has 5 nitrogen and oxygen atoms in total. The summed E-state index contributed by atoms with van der Waals surface area (Å²) >= 11 is 5.42. The van der Waals surface area contributed by atoms with E-state index in [4.69, 9.17) is 11.6 Å². The maximum absolute atomic E-state index is 11.2. The number of amides is 1. The first-order chi connectivity index (χ1) is 6.52. The summed E-state index contributed by atoms with van der Waals surface area (Å²) in [6, 6.07) is -0.245. The van der Waals surface area contributed by atoms with E-state index in [-0.39, 0.29) is 11.1 Å². The summed E-state index contributed by atoms with van der Waals surface area (Å²) in [5, 5.41) is 10.1. The first-order valence-electron chi connectivity index (χ1n) is 4.01. The van der Waals surface area contributed by atoms with Gasteiger partial charge >= 0.3 is 0 Å². The van der Waals surface area contributed by atoms with E-state index < -0.39 is 5.91 Å². The second-order valence-electron chi connectivity index (χ2n) is 2.90. The molecule has 6 heteroatoms. The van der Waals surface area contributed by atoms with Gasteiger partial charge in [-0.3, -0.25) is 4.79 Å². The molecule has 0 saturated carbocycles. The van der Waals surface area contributed by atoms with Crippen molar-refractivity contribution in [3.63, 3.8) is 0 Å². The molecule has 1 N–H and O–H groups in total. The van der Waals surface area contributed by atoms with Crippen molar-refractivity contribution in [1.82, 2.24) is 20.1 Å². The van der Waals surface area contributed by atoms with Gasteiger partial charge in [0.15, 0.2) is 5.82 Å². The van der Waals surface area contributed by atoms with Gasteiger partial charge in [0.05, 0.1) is 11.1 Å². The maximum atomic E-state index is 11.2. The molecule has 1 aromatic rings. The Hall–Kier alpha value is -1.36. The lowest BCUT2D eigenvalue weighted by Gasteiger charge is -2.11. The van der Waals surface area contributed by atoms with E-state index in [0.717, 1.165) is 0 Å². The fraction of sp³-hybridized carbons (Fsp3) is 0.375. The summed E-state index contributed by atoms with van der Waals surface area (Å²) in [6.45, 7) is 5.12. The fourth-order valence-electron chi connectivity index (χ4n) is 1.02. The normalized spacial score (nSPS) is 12.2. The van der Waals surface area contributed by atoms with E-state index >= 15 is 0 Å². The third kappa shape index (κ3) is 2.32. The summed E-state index contributed by atoms with van der Waals surface area (Å²) in [4.78, 5) is 11.2. The summed E-state index contributed by atoms with van der Waals surface area (Å²) < 4.78 is 1.72. The Morgan fingerprint density at radius 3 is 2.86 bits per heavy atom. The number of hydrogen-bond acceptors (Lipinski definition) is 3. The average molecular weight is 215 g/mol. The molecule has 1 atom stereocenters. The molecule has 1 rings (SSSR count). The van der Waals surface area contributed by atoms with Crippen LogP contribution in [0.15, 0.2) is 17.9 Å². The molecule has 1 heterocycles. The lowest BCUT2D eigenvalue weighted by Crippen LogP contribution is -2.28. The molecule has 1 unspecified atom stereocenters. The first kappa shape index (κ1) is 10.7. The molecule has 1 aromatic heterocycles. The van der Waals surface area contributed by atoms with Gasteiger partial charge in [-0.2, -0.15) is 0 Å². The van der Waals surface area contributed by atoms with Gasteiger partial charge < -0.3 is 9.88 Å². The van der Waals surface area contributed by atoms with Gasteiger partial charge in [-0.15, -0.1) is 10.2 Å². The molecule has 76 valence electrons. The van der Waals surface area contributed by atoms with Crippen LogP contribution in [-0.2, 0) is 11.8 Å². The van der Waals surface area contributed by atoms with Crippen LogP contribution in [0.4, 0.5) is 0 Å². The SMILES string of the molecule is C=C(Cl)C(=O)NC(C)c1nncn1C. The van der Waals surface area contributed by atoms with Gasteiger partial charge in [0.2, 0.25) is 0 Å². The Kier molecular flexibility index (Phi) is 3.24. The summed E-state index contributed by atoms with van der Waals surface area (Å²) in [5.41, 5.74) is 0. The highest BCUT2D eigenvalue weighted by atomic mass is 35.5. The second-order valence-corrected chi connectivity index (χ2v) is 3.36. The number of nitrogens with zero attached hydrogens (tertiary/aromatic N) is 3. The van der Waals surface area contributed by atoms with Gasteiger partial charge in [-0.1, -0.05) is 18.2 Å². The maximum Gasteiger partial charge on any atom is 0.262 e. The van der Waals surface area contributed by atoms with Gasteiger partial charge in [0.1, 0.15) is 6.33 Å². The summed E-state index contributed by atoms with van der Waals surface area (Å²) in [5.74, 6) is 0.262. The fourth-order valence-corrected chi connectivity index (χ4v) is 1.08. The minimum Gasteiger partial charge on any atom is -0.342 e. The molecular formula is C8H11ClN4O. The molecule has 0 aliphatic heterocycles. The van der Waals surface area contributed by atoms with Gasteiger partial charge in [0.25, 0.3) is 5.91 Å². The Morgan fingerprint density at radius 1 is 1.79 bits per heavy atom. The van der Waals surface area contributed by atoms with Crippen molar-refractivity contribution in [2.75, 3.05) is 0 Å². The predicted molar refractivity (Wildman–Crippen MR) is 52.6 cm³/mol. The molecule has 0 saturated heterocycles. The van der Waals surface area contributed by atoms with Gasteiger partial charge in [-0.25, -0.2) is 0 Å². The van der Waals surface area contributed by atoms with Crippen LogP contribution in [0, 0.1) is 0 Å². The smallest absolute Gasteiger partial charge is 0.262 e. The number of aryl methyl sites for hydroxylation is 1. The lowest BCUT2D eigenvalue weighted by atomic mass is 10.3. The Labute approximate surface area is 86.8 Å². The highest BCUT2D eigenvalue weighted by Crippen LogP contribution is 2.08. The summed E-state index contributed by atoms with van der Waals surface area (Å²) in [6.07, 6.45) is 1.56. The standard InChI is InChI=1S/C8H11ClN4O/c1-5(9)8(14)11-6(2)7-12-10-4-13(7)3/h4,6H,1H2,2-3H3,(H,11,14). The van der Waals surface area contributed by atoms with E-state index in [1.54, 1.807) is 24.9 Å². The Bertz CT molecular complexity index is 360. The Balaban J connectivity index is 2.68. The molecule has 0 aliphatic carbocycles. The zero-order valence-electron chi connectivity index (χ0n) is 7.99. The van der Waals surface area contributed by atoms with E-state index in [1.165, 1.54) is 0 Å². The average Bonchev–Trinajstić information content (AvgIpc) is 2.51. The third-order valence-corrected chi connectivity index (χ3v) is 1.90. The van der Waals surface area contributed by atoms with Crippen LogP contribution in [0.25, 0.3) is 0 Å². The molecular weight excluding hydrogens is 204 g/mol. The van der Waals surface area contributed by atoms with Crippen molar-refractivity contribution < 1.29 is 4.79 Å². The topological polar surface area (TPSA) is 59.8 Å². The first-order valence-corrected chi connectivity index (χ1v) is 4.39. The molecule has 1 amide bonds. The van der Waals surface area contributed by atoms with Crippen molar-refractivity contribution >= 4 is 17.5 Å². The number of carbonyl (C=O) groups excluding carboxylic acids is 1. The molecule has 14 heavy (non-hydrogen) atoms. The lowest BCUT2D eigenvalue weighted by molar-refractivity contribution is -0.117. The number of nitrogens with one attached hydrogen (secondary N) is 1. The third-order valence-electron chi connectivity index (χ3n) is 1.73. The zero-order chi connectivity index (χ0) is 10.7. The molecule has 0 radical (unpaired) electrons.